The predicted octanol–water partition coefficient (Wildman–Crippen LogP) is 2.92. The Labute approximate surface area is 97.8 Å². The number of aromatic nitrogens is 2. The quantitative estimate of drug-likeness (QED) is 0.663. The molecule has 2 aromatic heterocycles. The molecule has 0 N–H and O–H groups in total. The van der Waals surface area contributed by atoms with Crippen LogP contribution in [0.4, 0.5) is 4.79 Å². The van der Waals surface area contributed by atoms with Crippen molar-refractivity contribution >= 4 is 28.7 Å². The van der Waals surface area contributed by atoms with Crippen LogP contribution >= 0.6 is 11.6 Å². The molecule has 0 spiro atoms. The molecule has 2 heterocycles. The Hall–Kier alpha value is -1.55. The van der Waals surface area contributed by atoms with E-state index in [1.807, 2.05) is 13.8 Å². The van der Waals surface area contributed by atoms with Crippen LogP contribution in [0, 0.1) is 13.8 Å². The minimum absolute atomic E-state index is 0.369. The van der Waals surface area contributed by atoms with Crippen LogP contribution < -0.4 is 0 Å². The van der Waals surface area contributed by atoms with E-state index < -0.39 is 6.09 Å². The van der Waals surface area contributed by atoms with Crippen molar-refractivity contribution in [1.29, 1.82) is 0 Å². The van der Waals surface area contributed by atoms with E-state index in [4.69, 9.17) is 11.6 Å². The van der Waals surface area contributed by atoms with Gasteiger partial charge in [0.25, 0.3) is 0 Å². The summed E-state index contributed by atoms with van der Waals surface area (Å²) in [6, 6.07) is 1.78. The van der Waals surface area contributed by atoms with Crippen LogP contribution in [0.15, 0.2) is 12.3 Å². The van der Waals surface area contributed by atoms with Gasteiger partial charge in [-0.15, -0.1) is 0 Å². The third-order valence-electron chi connectivity index (χ3n) is 2.48. The maximum absolute atomic E-state index is 11.5. The highest BCUT2D eigenvalue weighted by Gasteiger charge is 2.15. The smallest absolute Gasteiger partial charge is 0.419 e. The number of hydrogen-bond donors (Lipinski definition) is 0. The highest BCUT2D eigenvalue weighted by molar-refractivity contribution is 6.30. The monoisotopic (exact) mass is 238 g/mol. The number of ether oxygens (including phenoxy) is 1. The Morgan fingerprint density at radius 1 is 1.44 bits per heavy atom. The lowest BCUT2D eigenvalue weighted by Gasteiger charge is -2.02. The lowest BCUT2D eigenvalue weighted by molar-refractivity contribution is 0.174. The van der Waals surface area contributed by atoms with Gasteiger partial charge in [0.1, 0.15) is 5.15 Å². The Morgan fingerprint density at radius 3 is 2.75 bits per heavy atom. The molecular formula is C11H11ClN2O2. The van der Waals surface area contributed by atoms with Gasteiger partial charge in [0.05, 0.1) is 7.11 Å². The number of rotatable bonds is 0. The molecule has 0 unspecified atom stereocenters. The summed E-state index contributed by atoms with van der Waals surface area (Å²) >= 11 is 5.88. The first-order valence-electron chi connectivity index (χ1n) is 4.77. The van der Waals surface area contributed by atoms with Gasteiger partial charge in [-0.1, -0.05) is 11.6 Å². The van der Waals surface area contributed by atoms with Crippen LogP contribution in [0.3, 0.4) is 0 Å². The summed E-state index contributed by atoms with van der Waals surface area (Å²) in [6.45, 7) is 3.86. The summed E-state index contributed by atoms with van der Waals surface area (Å²) in [5.41, 5.74) is 2.51. The zero-order valence-corrected chi connectivity index (χ0v) is 10.00. The highest BCUT2D eigenvalue weighted by atomic mass is 35.5. The van der Waals surface area contributed by atoms with Gasteiger partial charge in [0, 0.05) is 11.6 Å². The molecule has 16 heavy (non-hydrogen) atoms. The molecule has 84 valence electrons. The number of halogens is 1. The average Bonchev–Trinajstić information content (AvgIpc) is 2.54. The van der Waals surface area contributed by atoms with Gasteiger partial charge in [-0.2, -0.15) is 0 Å². The van der Waals surface area contributed by atoms with Crippen molar-refractivity contribution in [3.63, 3.8) is 0 Å². The van der Waals surface area contributed by atoms with Crippen molar-refractivity contribution < 1.29 is 9.53 Å². The first kappa shape index (κ1) is 11.0. The summed E-state index contributed by atoms with van der Waals surface area (Å²) in [5.74, 6) is 0. The van der Waals surface area contributed by atoms with E-state index in [-0.39, 0.29) is 0 Å². The average molecular weight is 239 g/mol. The van der Waals surface area contributed by atoms with E-state index in [9.17, 15) is 4.79 Å². The van der Waals surface area contributed by atoms with Gasteiger partial charge in [-0.05, 0) is 31.0 Å². The van der Waals surface area contributed by atoms with Crippen LogP contribution in [0.25, 0.3) is 11.0 Å². The molecule has 4 nitrogen and oxygen atoms in total. The Bertz CT molecular complexity index is 575. The largest absolute Gasteiger partial charge is 0.452 e. The molecule has 0 amide bonds. The third kappa shape index (κ3) is 1.55. The van der Waals surface area contributed by atoms with Crippen molar-refractivity contribution in [2.24, 2.45) is 0 Å². The molecule has 2 rings (SSSR count). The van der Waals surface area contributed by atoms with E-state index in [1.165, 1.54) is 11.7 Å². The number of fused-ring (bicyclic) bond motifs is 1. The number of aryl methyl sites for hydroxylation is 2. The molecule has 0 bridgehead atoms. The van der Waals surface area contributed by atoms with Crippen LogP contribution in [0.1, 0.15) is 11.1 Å². The summed E-state index contributed by atoms with van der Waals surface area (Å²) in [4.78, 5) is 15.7. The van der Waals surface area contributed by atoms with Gasteiger partial charge >= 0.3 is 6.09 Å². The van der Waals surface area contributed by atoms with Crippen molar-refractivity contribution in [2.75, 3.05) is 7.11 Å². The molecular weight excluding hydrogens is 228 g/mol. The fourth-order valence-electron chi connectivity index (χ4n) is 1.84. The number of carbonyl (C=O) groups is 1. The van der Waals surface area contributed by atoms with Crippen LogP contribution in [0.5, 0.6) is 0 Å². The van der Waals surface area contributed by atoms with Crippen molar-refractivity contribution in [1.82, 2.24) is 9.55 Å². The van der Waals surface area contributed by atoms with Crippen LogP contribution in [-0.2, 0) is 4.74 Å². The second-order valence-electron chi connectivity index (χ2n) is 3.61. The summed E-state index contributed by atoms with van der Waals surface area (Å²) in [6.07, 6.45) is 1.24. The first-order valence-corrected chi connectivity index (χ1v) is 5.15. The molecule has 0 aliphatic heterocycles. The maximum Gasteiger partial charge on any atom is 0.419 e. The Morgan fingerprint density at radius 2 is 2.12 bits per heavy atom. The fourth-order valence-corrected chi connectivity index (χ4v) is 2.08. The molecule has 0 aliphatic carbocycles. The lowest BCUT2D eigenvalue weighted by atomic mass is 10.1. The maximum atomic E-state index is 11.5. The number of hydrogen-bond acceptors (Lipinski definition) is 3. The Balaban J connectivity index is 2.83. The molecule has 5 heteroatoms. The molecule has 0 saturated carbocycles. The van der Waals surface area contributed by atoms with E-state index in [1.54, 1.807) is 12.3 Å². The number of pyridine rings is 1. The SMILES string of the molecule is COC(=O)n1cc(C)c2c(C)cc(Cl)nc21. The molecule has 0 aromatic carbocycles. The lowest BCUT2D eigenvalue weighted by Crippen LogP contribution is -2.10. The van der Waals surface area contributed by atoms with E-state index in [0.29, 0.717) is 10.8 Å². The summed E-state index contributed by atoms with van der Waals surface area (Å²) < 4.78 is 6.04. The first-order chi connectivity index (χ1) is 7.54. The minimum Gasteiger partial charge on any atom is -0.452 e. The molecule has 0 radical (unpaired) electrons. The van der Waals surface area contributed by atoms with E-state index in [0.717, 1.165) is 16.5 Å². The number of methoxy groups -OCH3 is 1. The van der Waals surface area contributed by atoms with Crippen LogP contribution in [-0.4, -0.2) is 22.8 Å². The molecule has 0 atom stereocenters. The van der Waals surface area contributed by atoms with Gasteiger partial charge < -0.3 is 4.74 Å². The summed E-state index contributed by atoms with van der Waals surface area (Å²) in [5, 5.41) is 1.31. The Kier molecular flexibility index (Phi) is 2.59. The fraction of sp³-hybridized carbons (Fsp3) is 0.273. The second-order valence-corrected chi connectivity index (χ2v) is 4.00. The summed E-state index contributed by atoms with van der Waals surface area (Å²) in [7, 11) is 1.33. The number of nitrogens with zero attached hydrogens (tertiary/aromatic N) is 2. The van der Waals surface area contributed by atoms with E-state index in [2.05, 4.69) is 9.72 Å². The standard InChI is InChI=1S/C11H11ClN2O2/c1-6-4-8(12)13-10-9(6)7(2)5-14(10)11(15)16-3/h4-5H,1-3H3. The molecule has 0 saturated heterocycles. The van der Waals surface area contributed by atoms with Gasteiger partial charge in [-0.25, -0.2) is 14.3 Å². The molecule has 0 fully saturated rings. The zero-order chi connectivity index (χ0) is 11.9. The zero-order valence-electron chi connectivity index (χ0n) is 9.24. The molecule has 0 aliphatic rings. The van der Waals surface area contributed by atoms with Crippen molar-refractivity contribution in [3.05, 3.63) is 28.5 Å². The van der Waals surface area contributed by atoms with Crippen molar-refractivity contribution in [3.8, 4) is 0 Å². The normalized spacial score (nSPS) is 10.8. The minimum atomic E-state index is -0.465. The second kappa shape index (κ2) is 3.79. The van der Waals surface area contributed by atoms with Crippen molar-refractivity contribution in [2.45, 2.75) is 13.8 Å². The van der Waals surface area contributed by atoms with E-state index >= 15 is 0 Å². The number of carbonyl (C=O) groups excluding carboxylic acids is 1. The van der Waals surface area contributed by atoms with Crippen LogP contribution in [0.2, 0.25) is 5.15 Å². The third-order valence-corrected chi connectivity index (χ3v) is 2.68. The molecule has 2 aromatic rings. The highest BCUT2D eigenvalue weighted by Crippen LogP contribution is 2.25. The van der Waals surface area contributed by atoms with Gasteiger partial charge in [0.2, 0.25) is 0 Å². The van der Waals surface area contributed by atoms with Gasteiger partial charge in [-0.3, -0.25) is 0 Å². The van der Waals surface area contributed by atoms with Gasteiger partial charge in [0.15, 0.2) is 5.65 Å². The predicted molar refractivity (Wildman–Crippen MR) is 62.0 cm³/mol. The topological polar surface area (TPSA) is 44.1 Å².